The number of hydrogen-bond donors (Lipinski definition) is 2. The molecule has 0 amide bonds. The van der Waals surface area contributed by atoms with Gasteiger partial charge in [-0.05, 0) is 23.3 Å². The second-order valence-electron chi connectivity index (χ2n) is 4.64. The molecule has 0 radical (unpaired) electrons. The highest BCUT2D eigenvalue weighted by Crippen LogP contribution is 2.31. The van der Waals surface area contributed by atoms with Crippen molar-refractivity contribution in [3.05, 3.63) is 83.9 Å². The number of halogens is 1. The van der Waals surface area contributed by atoms with Gasteiger partial charge < -0.3 is 10.1 Å². The third kappa shape index (κ3) is 2.36. The minimum Gasteiger partial charge on any atom is -0.384 e. The van der Waals surface area contributed by atoms with E-state index in [0.29, 0.717) is 5.56 Å². The summed E-state index contributed by atoms with van der Waals surface area (Å²) in [5.41, 5.74) is 3.43. The molecule has 1 atom stereocenters. The van der Waals surface area contributed by atoms with Crippen molar-refractivity contribution >= 4 is 0 Å². The fourth-order valence-electron chi connectivity index (χ4n) is 2.29. The first kappa shape index (κ1) is 12.6. The van der Waals surface area contributed by atoms with Gasteiger partial charge in [-0.1, -0.05) is 42.5 Å². The van der Waals surface area contributed by atoms with E-state index >= 15 is 0 Å². The first-order valence-corrected chi connectivity index (χ1v) is 6.41. The van der Waals surface area contributed by atoms with Crippen molar-refractivity contribution in [1.29, 1.82) is 0 Å². The summed E-state index contributed by atoms with van der Waals surface area (Å²) in [7, 11) is 0. The first-order valence-electron chi connectivity index (χ1n) is 6.41. The predicted molar refractivity (Wildman–Crippen MR) is 76.7 cm³/mol. The van der Waals surface area contributed by atoms with Crippen LogP contribution in [0.15, 0.2) is 67.0 Å². The molecule has 0 saturated carbocycles. The highest BCUT2D eigenvalue weighted by atomic mass is 19.1. The van der Waals surface area contributed by atoms with E-state index in [4.69, 9.17) is 0 Å². The molecule has 2 nitrogen and oxygen atoms in total. The highest BCUT2D eigenvalue weighted by molar-refractivity contribution is 5.67. The highest BCUT2D eigenvalue weighted by Gasteiger charge is 2.16. The zero-order chi connectivity index (χ0) is 13.9. The van der Waals surface area contributed by atoms with Gasteiger partial charge in [0.2, 0.25) is 0 Å². The predicted octanol–water partition coefficient (Wildman–Crippen LogP) is 3.90. The van der Waals surface area contributed by atoms with Crippen molar-refractivity contribution in [2.24, 2.45) is 0 Å². The van der Waals surface area contributed by atoms with Crippen LogP contribution in [0.1, 0.15) is 17.2 Å². The normalized spacial score (nSPS) is 12.3. The maximum atomic E-state index is 12.9. The number of hydrogen-bond acceptors (Lipinski definition) is 1. The summed E-state index contributed by atoms with van der Waals surface area (Å²) in [6.07, 6.45) is 2.85. The number of aliphatic hydroxyl groups excluding tert-OH is 1. The molecule has 0 saturated heterocycles. The molecule has 2 N–H and O–H groups in total. The van der Waals surface area contributed by atoms with E-state index in [1.807, 2.05) is 36.5 Å². The SMILES string of the molecule is OC(c1ccc(F)cc1)c1c[nH]cc1-c1ccccc1. The monoisotopic (exact) mass is 267 g/mol. The first-order chi connectivity index (χ1) is 9.75. The van der Waals surface area contributed by atoms with Gasteiger partial charge in [0.25, 0.3) is 0 Å². The average molecular weight is 267 g/mol. The Morgan fingerprint density at radius 2 is 1.60 bits per heavy atom. The lowest BCUT2D eigenvalue weighted by Gasteiger charge is -2.12. The summed E-state index contributed by atoms with van der Waals surface area (Å²) >= 11 is 0. The Morgan fingerprint density at radius 1 is 0.900 bits per heavy atom. The third-order valence-electron chi connectivity index (χ3n) is 3.34. The van der Waals surface area contributed by atoms with Crippen LogP contribution < -0.4 is 0 Å². The number of rotatable bonds is 3. The lowest BCUT2D eigenvalue weighted by Crippen LogP contribution is -2.00. The minimum atomic E-state index is -0.781. The molecule has 0 fully saturated rings. The Morgan fingerprint density at radius 3 is 2.30 bits per heavy atom. The molecule has 0 bridgehead atoms. The molecule has 1 unspecified atom stereocenters. The van der Waals surface area contributed by atoms with Gasteiger partial charge in [-0.2, -0.15) is 0 Å². The molecule has 0 aliphatic heterocycles. The maximum Gasteiger partial charge on any atom is 0.123 e. The molecule has 2 aromatic carbocycles. The Labute approximate surface area is 116 Å². The van der Waals surface area contributed by atoms with Gasteiger partial charge in [0.15, 0.2) is 0 Å². The van der Waals surface area contributed by atoms with Crippen molar-refractivity contribution in [3.63, 3.8) is 0 Å². The molecular formula is C17H14FNO. The number of aromatic amines is 1. The van der Waals surface area contributed by atoms with E-state index in [-0.39, 0.29) is 5.82 Å². The molecule has 3 rings (SSSR count). The Kier molecular flexibility index (Phi) is 3.35. The summed E-state index contributed by atoms with van der Waals surface area (Å²) < 4.78 is 12.9. The summed E-state index contributed by atoms with van der Waals surface area (Å²) in [4.78, 5) is 3.02. The number of aromatic nitrogens is 1. The molecule has 0 spiro atoms. The molecule has 3 heteroatoms. The molecule has 0 aliphatic rings. The number of benzene rings is 2. The van der Waals surface area contributed by atoms with E-state index < -0.39 is 6.10 Å². The molecule has 0 aliphatic carbocycles. The topological polar surface area (TPSA) is 36.0 Å². The smallest absolute Gasteiger partial charge is 0.123 e. The second kappa shape index (κ2) is 5.31. The Hall–Kier alpha value is -2.39. The van der Waals surface area contributed by atoms with Crippen molar-refractivity contribution < 1.29 is 9.50 Å². The quantitative estimate of drug-likeness (QED) is 0.741. The number of H-pyrrole nitrogens is 1. The molecule has 1 heterocycles. The second-order valence-corrected chi connectivity index (χ2v) is 4.64. The van der Waals surface area contributed by atoms with Gasteiger partial charge in [0, 0.05) is 23.5 Å². The van der Waals surface area contributed by atoms with Gasteiger partial charge in [-0.3, -0.25) is 0 Å². The van der Waals surface area contributed by atoms with Crippen LogP contribution in [0.5, 0.6) is 0 Å². The van der Waals surface area contributed by atoms with Crippen LogP contribution in [0.3, 0.4) is 0 Å². The Bertz CT molecular complexity index is 689. The van der Waals surface area contributed by atoms with Gasteiger partial charge in [-0.25, -0.2) is 4.39 Å². The summed E-state index contributed by atoms with van der Waals surface area (Å²) in [5, 5.41) is 10.5. The van der Waals surface area contributed by atoms with Crippen LogP contribution in [0.4, 0.5) is 4.39 Å². The van der Waals surface area contributed by atoms with Crippen LogP contribution in [-0.4, -0.2) is 10.1 Å². The molecule has 1 aromatic heterocycles. The van der Waals surface area contributed by atoms with Gasteiger partial charge in [-0.15, -0.1) is 0 Å². The lowest BCUT2D eigenvalue weighted by molar-refractivity contribution is 0.221. The number of nitrogens with one attached hydrogen (secondary N) is 1. The standard InChI is InChI=1S/C17H14FNO/c18-14-8-6-13(7-9-14)17(20)16-11-19-10-15(16)12-4-2-1-3-5-12/h1-11,17,19-20H. The van der Waals surface area contributed by atoms with E-state index in [2.05, 4.69) is 4.98 Å². The van der Waals surface area contributed by atoms with Crippen molar-refractivity contribution in [3.8, 4) is 11.1 Å². The number of aliphatic hydroxyl groups is 1. The van der Waals surface area contributed by atoms with Crippen molar-refractivity contribution in [2.75, 3.05) is 0 Å². The van der Waals surface area contributed by atoms with E-state index in [1.165, 1.54) is 12.1 Å². The molecular weight excluding hydrogens is 253 g/mol. The summed E-state index contributed by atoms with van der Waals surface area (Å²) in [6, 6.07) is 15.7. The average Bonchev–Trinajstić information content (AvgIpc) is 2.97. The minimum absolute atomic E-state index is 0.307. The van der Waals surface area contributed by atoms with E-state index in [9.17, 15) is 9.50 Å². The molecule has 20 heavy (non-hydrogen) atoms. The zero-order valence-corrected chi connectivity index (χ0v) is 10.8. The van der Waals surface area contributed by atoms with E-state index in [0.717, 1.165) is 16.7 Å². The van der Waals surface area contributed by atoms with Crippen LogP contribution in [0, 0.1) is 5.82 Å². The molecule has 100 valence electrons. The van der Waals surface area contributed by atoms with Crippen molar-refractivity contribution in [2.45, 2.75) is 6.10 Å². The summed E-state index contributed by atoms with van der Waals surface area (Å²) in [6.45, 7) is 0. The van der Waals surface area contributed by atoms with Crippen molar-refractivity contribution in [1.82, 2.24) is 4.98 Å². The van der Waals surface area contributed by atoms with Gasteiger partial charge >= 0.3 is 0 Å². The third-order valence-corrected chi connectivity index (χ3v) is 3.34. The van der Waals surface area contributed by atoms with E-state index in [1.54, 1.807) is 18.3 Å². The Balaban J connectivity index is 1.99. The van der Waals surface area contributed by atoms with Crippen LogP contribution in [0.2, 0.25) is 0 Å². The van der Waals surface area contributed by atoms with Crippen LogP contribution in [-0.2, 0) is 0 Å². The van der Waals surface area contributed by atoms with Crippen LogP contribution >= 0.6 is 0 Å². The van der Waals surface area contributed by atoms with Gasteiger partial charge in [0.05, 0.1) is 0 Å². The lowest BCUT2D eigenvalue weighted by atomic mass is 9.97. The van der Waals surface area contributed by atoms with Crippen LogP contribution in [0.25, 0.3) is 11.1 Å². The fourth-order valence-corrected chi connectivity index (χ4v) is 2.29. The molecule has 3 aromatic rings. The summed E-state index contributed by atoms with van der Waals surface area (Å²) in [5.74, 6) is -0.307. The zero-order valence-electron chi connectivity index (χ0n) is 10.8. The fraction of sp³-hybridized carbons (Fsp3) is 0.0588. The van der Waals surface area contributed by atoms with Gasteiger partial charge in [0.1, 0.15) is 11.9 Å². The largest absolute Gasteiger partial charge is 0.384 e. The maximum absolute atomic E-state index is 12.9.